The number of aromatic amines is 1. The summed E-state index contributed by atoms with van der Waals surface area (Å²) in [6, 6.07) is 7.83. The van der Waals surface area contributed by atoms with Crippen LogP contribution in [0.4, 0.5) is 0 Å². The maximum atomic E-state index is 11.1. The van der Waals surface area contributed by atoms with Crippen molar-refractivity contribution in [1.29, 1.82) is 0 Å². The molecule has 1 heterocycles. The summed E-state index contributed by atoms with van der Waals surface area (Å²) in [5.74, 6) is 6.45. The van der Waals surface area contributed by atoms with Crippen LogP contribution in [0.15, 0.2) is 29.4 Å². The average Bonchev–Trinajstić information content (AvgIpc) is 2.83. The highest BCUT2D eigenvalue weighted by atomic mass is 32.2. The molecule has 0 unspecified atom stereocenters. The molecule has 0 atom stereocenters. The maximum Gasteiger partial charge on any atom is 0.238 e. The Morgan fingerprint density at radius 1 is 1.37 bits per heavy atom. The molecule has 7 heteroatoms. The number of H-pyrrole nitrogens is 1. The molecule has 0 aliphatic heterocycles. The molecule has 1 aromatic heterocycles. The van der Waals surface area contributed by atoms with Crippen LogP contribution < -0.4 is 11.3 Å². The van der Waals surface area contributed by atoms with Crippen molar-refractivity contribution in [2.24, 2.45) is 5.84 Å². The molecule has 1 aromatic carbocycles. The van der Waals surface area contributed by atoms with Crippen LogP contribution in [0.5, 0.6) is 0 Å². The van der Waals surface area contributed by atoms with E-state index in [4.69, 9.17) is 5.84 Å². The number of nitrogens with one attached hydrogen (secondary N) is 2. The zero-order valence-corrected chi connectivity index (χ0v) is 11.3. The van der Waals surface area contributed by atoms with E-state index in [0.29, 0.717) is 6.42 Å². The minimum absolute atomic E-state index is 0.196. The SMILES string of the molecule is Cc1nc(SCc2ccc(CC(=O)NN)cc2)n[nH]1. The molecule has 0 aliphatic carbocycles. The van der Waals surface area contributed by atoms with Crippen LogP contribution in [-0.4, -0.2) is 21.1 Å². The lowest BCUT2D eigenvalue weighted by atomic mass is 10.1. The summed E-state index contributed by atoms with van der Waals surface area (Å²) in [5.41, 5.74) is 4.21. The second-order valence-electron chi connectivity index (χ2n) is 4.05. The molecule has 0 aliphatic rings. The zero-order valence-electron chi connectivity index (χ0n) is 10.5. The van der Waals surface area contributed by atoms with Gasteiger partial charge in [-0.3, -0.25) is 15.3 Å². The molecule has 2 rings (SSSR count). The molecule has 6 nitrogen and oxygen atoms in total. The molecule has 100 valence electrons. The van der Waals surface area contributed by atoms with Crippen molar-refractivity contribution >= 4 is 17.7 Å². The lowest BCUT2D eigenvalue weighted by molar-refractivity contribution is -0.120. The molecule has 0 radical (unpaired) electrons. The van der Waals surface area contributed by atoms with Crippen molar-refractivity contribution in [1.82, 2.24) is 20.6 Å². The van der Waals surface area contributed by atoms with E-state index < -0.39 is 0 Å². The van der Waals surface area contributed by atoms with Crippen LogP contribution >= 0.6 is 11.8 Å². The number of hydrogen-bond acceptors (Lipinski definition) is 5. The minimum atomic E-state index is -0.196. The number of benzene rings is 1. The quantitative estimate of drug-likeness (QED) is 0.327. The van der Waals surface area contributed by atoms with Gasteiger partial charge in [-0.25, -0.2) is 10.8 Å². The van der Waals surface area contributed by atoms with E-state index >= 15 is 0 Å². The second-order valence-corrected chi connectivity index (χ2v) is 5.00. The van der Waals surface area contributed by atoms with Gasteiger partial charge in [-0.15, -0.1) is 5.10 Å². The summed E-state index contributed by atoms with van der Waals surface area (Å²) < 4.78 is 0. The van der Waals surface area contributed by atoms with Crippen LogP contribution in [0, 0.1) is 6.92 Å². The van der Waals surface area contributed by atoms with Crippen molar-refractivity contribution in [3.8, 4) is 0 Å². The van der Waals surface area contributed by atoms with Crippen LogP contribution in [0.25, 0.3) is 0 Å². The van der Waals surface area contributed by atoms with E-state index in [0.717, 1.165) is 27.9 Å². The highest BCUT2D eigenvalue weighted by Gasteiger charge is 2.03. The fraction of sp³-hybridized carbons (Fsp3) is 0.250. The Balaban J connectivity index is 1.89. The third-order valence-electron chi connectivity index (χ3n) is 2.49. The van der Waals surface area contributed by atoms with Gasteiger partial charge in [0.05, 0.1) is 6.42 Å². The number of carbonyl (C=O) groups excluding carboxylic acids is 1. The van der Waals surface area contributed by atoms with Crippen molar-refractivity contribution < 1.29 is 4.79 Å². The van der Waals surface area contributed by atoms with Crippen molar-refractivity contribution in [2.45, 2.75) is 24.3 Å². The lowest BCUT2D eigenvalue weighted by Gasteiger charge is -2.02. The van der Waals surface area contributed by atoms with Gasteiger partial charge in [0.1, 0.15) is 5.82 Å². The summed E-state index contributed by atoms with van der Waals surface area (Å²) in [5, 5.41) is 7.60. The van der Waals surface area contributed by atoms with Crippen LogP contribution in [0.2, 0.25) is 0 Å². The van der Waals surface area contributed by atoms with Gasteiger partial charge >= 0.3 is 0 Å². The van der Waals surface area contributed by atoms with E-state index in [1.807, 2.05) is 31.2 Å². The first-order valence-electron chi connectivity index (χ1n) is 5.76. The van der Waals surface area contributed by atoms with Gasteiger partial charge in [0, 0.05) is 5.75 Å². The average molecular weight is 277 g/mol. The zero-order chi connectivity index (χ0) is 13.7. The van der Waals surface area contributed by atoms with Gasteiger partial charge in [-0.2, -0.15) is 0 Å². The van der Waals surface area contributed by atoms with Crippen molar-refractivity contribution in [3.63, 3.8) is 0 Å². The first-order valence-corrected chi connectivity index (χ1v) is 6.75. The number of nitrogens with zero attached hydrogens (tertiary/aromatic N) is 2. The Morgan fingerprint density at radius 3 is 2.63 bits per heavy atom. The van der Waals surface area contributed by atoms with E-state index in [1.54, 1.807) is 11.8 Å². The molecule has 2 aromatic rings. The maximum absolute atomic E-state index is 11.1. The third kappa shape index (κ3) is 4.08. The topological polar surface area (TPSA) is 96.7 Å². The largest absolute Gasteiger partial charge is 0.294 e. The predicted octanol–water partition coefficient (Wildman–Crippen LogP) is 0.938. The van der Waals surface area contributed by atoms with Gasteiger partial charge in [0.25, 0.3) is 0 Å². The summed E-state index contributed by atoms with van der Waals surface area (Å²) in [6.07, 6.45) is 0.296. The first kappa shape index (κ1) is 13.6. The second kappa shape index (κ2) is 6.35. The van der Waals surface area contributed by atoms with Gasteiger partial charge in [-0.05, 0) is 18.1 Å². The van der Waals surface area contributed by atoms with Crippen LogP contribution in [0.1, 0.15) is 17.0 Å². The lowest BCUT2D eigenvalue weighted by Crippen LogP contribution is -2.31. The number of hydrogen-bond donors (Lipinski definition) is 3. The number of aryl methyl sites for hydroxylation is 1. The standard InChI is InChI=1S/C12H15N5OS/c1-8-14-12(17-16-8)19-7-10-4-2-9(3-5-10)6-11(18)15-13/h2-5H,6-7,13H2,1H3,(H,15,18)(H,14,16,17). The summed E-state index contributed by atoms with van der Waals surface area (Å²) >= 11 is 1.57. The molecular formula is C12H15N5OS. The minimum Gasteiger partial charge on any atom is -0.294 e. The fourth-order valence-corrected chi connectivity index (χ4v) is 2.32. The Labute approximate surface area is 115 Å². The Bertz CT molecular complexity index is 552. The Morgan fingerprint density at radius 2 is 2.05 bits per heavy atom. The number of hydrazine groups is 1. The summed E-state index contributed by atoms with van der Waals surface area (Å²) in [7, 11) is 0. The van der Waals surface area contributed by atoms with E-state index in [2.05, 4.69) is 20.6 Å². The smallest absolute Gasteiger partial charge is 0.238 e. The molecule has 0 fully saturated rings. The molecule has 0 saturated heterocycles. The van der Waals surface area contributed by atoms with Crippen molar-refractivity contribution in [2.75, 3.05) is 0 Å². The van der Waals surface area contributed by atoms with Crippen LogP contribution in [-0.2, 0) is 17.0 Å². The van der Waals surface area contributed by atoms with Gasteiger partial charge < -0.3 is 0 Å². The van der Waals surface area contributed by atoms with Crippen LogP contribution in [0.3, 0.4) is 0 Å². The highest BCUT2D eigenvalue weighted by molar-refractivity contribution is 7.98. The molecule has 0 spiro atoms. The van der Waals surface area contributed by atoms with E-state index in [1.165, 1.54) is 0 Å². The summed E-state index contributed by atoms with van der Waals surface area (Å²) in [4.78, 5) is 15.3. The van der Waals surface area contributed by atoms with Gasteiger partial charge in [0.15, 0.2) is 0 Å². The monoisotopic (exact) mass is 277 g/mol. The summed E-state index contributed by atoms with van der Waals surface area (Å²) in [6.45, 7) is 1.87. The number of nitrogens with two attached hydrogens (primary N) is 1. The van der Waals surface area contributed by atoms with E-state index in [-0.39, 0.29) is 5.91 Å². The third-order valence-corrected chi connectivity index (χ3v) is 3.41. The number of carbonyl (C=O) groups is 1. The molecule has 1 amide bonds. The molecule has 0 bridgehead atoms. The van der Waals surface area contributed by atoms with Gasteiger partial charge in [0.2, 0.25) is 11.1 Å². The predicted molar refractivity (Wildman–Crippen MR) is 73.2 cm³/mol. The van der Waals surface area contributed by atoms with Gasteiger partial charge in [-0.1, -0.05) is 36.0 Å². The highest BCUT2D eigenvalue weighted by Crippen LogP contribution is 2.19. The van der Waals surface area contributed by atoms with Crippen molar-refractivity contribution in [3.05, 3.63) is 41.2 Å². The van der Waals surface area contributed by atoms with E-state index in [9.17, 15) is 4.79 Å². The molecule has 4 N–H and O–H groups in total. The molecular weight excluding hydrogens is 262 g/mol. The molecule has 0 saturated carbocycles. The number of rotatable bonds is 5. The number of thioether (sulfide) groups is 1. The number of aromatic nitrogens is 3. The molecule has 19 heavy (non-hydrogen) atoms. The number of amides is 1. The first-order chi connectivity index (χ1) is 9.17. The Kier molecular flexibility index (Phi) is 4.53. The Hall–Kier alpha value is -1.86. The normalized spacial score (nSPS) is 10.4. The fourth-order valence-electron chi connectivity index (χ4n) is 1.52.